The minimum Gasteiger partial charge on any atom is -0.389 e. The summed E-state index contributed by atoms with van der Waals surface area (Å²) in [5.74, 6) is -0.393. The number of hydrogen-bond acceptors (Lipinski definition) is 2. The van der Waals surface area contributed by atoms with Crippen LogP contribution in [0.3, 0.4) is 0 Å². The van der Waals surface area contributed by atoms with Gasteiger partial charge in [0.15, 0.2) is 0 Å². The molecule has 0 aromatic heterocycles. The van der Waals surface area contributed by atoms with Crippen LogP contribution in [-0.2, 0) is 11.2 Å². The van der Waals surface area contributed by atoms with Gasteiger partial charge in [-0.05, 0) is 48.9 Å². The highest BCUT2D eigenvalue weighted by Gasteiger charge is 2.34. The van der Waals surface area contributed by atoms with Crippen LogP contribution in [0.15, 0.2) is 18.2 Å². The molecule has 2 N–H and O–H groups in total. The van der Waals surface area contributed by atoms with Crippen LogP contribution in [0.5, 0.6) is 0 Å². The van der Waals surface area contributed by atoms with Crippen LogP contribution in [0.1, 0.15) is 55.7 Å². The Labute approximate surface area is 118 Å². The summed E-state index contributed by atoms with van der Waals surface area (Å²) in [5.41, 5.74) is 1.17. The zero-order valence-electron chi connectivity index (χ0n) is 11.5. The average molecular weight is 277 g/mol. The summed E-state index contributed by atoms with van der Waals surface area (Å²) in [5, 5.41) is 13.2. The molecule has 1 aromatic rings. The lowest BCUT2D eigenvalue weighted by atomic mass is 9.97. The monoisotopic (exact) mass is 277 g/mol. The Kier molecular flexibility index (Phi) is 3.50. The SMILES string of the molecule is O=C(CC1(O)CCCC1)NC1CCc2ccc(F)cc21. The van der Waals surface area contributed by atoms with Crippen LogP contribution in [0.25, 0.3) is 0 Å². The molecular formula is C16H20FNO2. The van der Waals surface area contributed by atoms with E-state index in [9.17, 15) is 14.3 Å². The molecule has 0 spiro atoms. The highest BCUT2D eigenvalue weighted by atomic mass is 19.1. The Balaban J connectivity index is 1.65. The molecule has 0 saturated heterocycles. The molecule has 3 rings (SSSR count). The van der Waals surface area contributed by atoms with Gasteiger partial charge < -0.3 is 10.4 Å². The van der Waals surface area contributed by atoms with Gasteiger partial charge in [-0.1, -0.05) is 18.9 Å². The van der Waals surface area contributed by atoms with Gasteiger partial charge in [-0.15, -0.1) is 0 Å². The first kappa shape index (κ1) is 13.6. The van der Waals surface area contributed by atoms with Crippen molar-refractivity contribution in [1.29, 1.82) is 0 Å². The molecule has 0 heterocycles. The highest BCUT2D eigenvalue weighted by molar-refractivity contribution is 5.77. The Hall–Kier alpha value is -1.42. The van der Waals surface area contributed by atoms with E-state index in [1.807, 2.05) is 0 Å². The Morgan fingerprint density at radius 1 is 1.40 bits per heavy atom. The number of aryl methyl sites for hydroxylation is 1. The van der Waals surface area contributed by atoms with E-state index in [1.54, 1.807) is 6.07 Å². The molecule has 1 fully saturated rings. The topological polar surface area (TPSA) is 49.3 Å². The predicted molar refractivity (Wildman–Crippen MR) is 73.6 cm³/mol. The molecule has 3 nitrogen and oxygen atoms in total. The summed E-state index contributed by atoms with van der Waals surface area (Å²) in [6.45, 7) is 0. The van der Waals surface area contributed by atoms with E-state index >= 15 is 0 Å². The predicted octanol–water partition coefficient (Wildman–Crippen LogP) is 2.62. The third kappa shape index (κ3) is 2.70. The van der Waals surface area contributed by atoms with E-state index in [-0.39, 0.29) is 24.2 Å². The number of fused-ring (bicyclic) bond motifs is 1. The summed E-state index contributed by atoms with van der Waals surface area (Å²) in [6.07, 6.45) is 5.22. The second-order valence-electron chi connectivity index (χ2n) is 6.11. The van der Waals surface area contributed by atoms with Crippen LogP contribution < -0.4 is 5.32 Å². The first-order valence-electron chi connectivity index (χ1n) is 7.36. The van der Waals surface area contributed by atoms with Crippen molar-refractivity contribution in [1.82, 2.24) is 5.32 Å². The molecule has 1 amide bonds. The molecule has 4 heteroatoms. The average Bonchev–Trinajstić information content (AvgIpc) is 2.97. The van der Waals surface area contributed by atoms with E-state index < -0.39 is 5.60 Å². The van der Waals surface area contributed by atoms with E-state index in [2.05, 4.69) is 5.32 Å². The molecule has 0 radical (unpaired) electrons. The number of carbonyl (C=O) groups excluding carboxylic acids is 1. The molecule has 1 atom stereocenters. The minimum absolute atomic E-state index is 0.113. The number of carbonyl (C=O) groups is 1. The van der Waals surface area contributed by atoms with Gasteiger partial charge in [0.1, 0.15) is 5.82 Å². The molecule has 2 aliphatic carbocycles. The van der Waals surface area contributed by atoms with Crippen molar-refractivity contribution >= 4 is 5.91 Å². The number of amides is 1. The van der Waals surface area contributed by atoms with Crippen molar-refractivity contribution in [3.8, 4) is 0 Å². The van der Waals surface area contributed by atoms with Gasteiger partial charge in [0.05, 0.1) is 18.1 Å². The standard InChI is InChI=1S/C16H20FNO2/c17-12-5-3-11-4-6-14(13(11)9-12)18-15(19)10-16(20)7-1-2-8-16/h3,5,9,14,20H,1-2,4,6-8,10H2,(H,18,19). The second-order valence-corrected chi connectivity index (χ2v) is 6.11. The molecule has 0 aliphatic heterocycles. The smallest absolute Gasteiger partial charge is 0.223 e. The Morgan fingerprint density at radius 3 is 2.90 bits per heavy atom. The molecule has 1 saturated carbocycles. The first-order chi connectivity index (χ1) is 9.56. The third-order valence-electron chi connectivity index (χ3n) is 4.54. The molecule has 2 aliphatic rings. The molecular weight excluding hydrogens is 257 g/mol. The summed E-state index contributed by atoms with van der Waals surface area (Å²) in [6, 6.07) is 4.65. The largest absolute Gasteiger partial charge is 0.389 e. The fourth-order valence-electron chi connectivity index (χ4n) is 3.48. The lowest BCUT2D eigenvalue weighted by molar-refractivity contribution is -0.126. The molecule has 108 valence electrons. The van der Waals surface area contributed by atoms with Crippen molar-refractivity contribution in [3.05, 3.63) is 35.1 Å². The van der Waals surface area contributed by atoms with Gasteiger partial charge in [0, 0.05) is 0 Å². The quantitative estimate of drug-likeness (QED) is 0.892. The maximum absolute atomic E-state index is 13.3. The Morgan fingerprint density at radius 2 is 2.15 bits per heavy atom. The van der Waals surface area contributed by atoms with E-state index in [0.29, 0.717) is 12.8 Å². The second kappa shape index (κ2) is 5.17. The van der Waals surface area contributed by atoms with Crippen molar-refractivity contribution < 1.29 is 14.3 Å². The van der Waals surface area contributed by atoms with Gasteiger partial charge in [0.2, 0.25) is 5.91 Å². The van der Waals surface area contributed by atoms with Crippen LogP contribution in [0.4, 0.5) is 4.39 Å². The number of halogens is 1. The summed E-state index contributed by atoms with van der Waals surface area (Å²) in [4.78, 5) is 12.1. The van der Waals surface area contributed by atoms with Crippen LogP contribution >= 0.6 is 0 Å². The van der Waals surface area contributed by atoms with Crippen molar-refractivity contribution in [3.63, 3.8) is 0 Å². The van der Waals surface area contributed by atoms with Gasteiger partial charge in [-0.3, -0.25) is 4.79 Å². The molecule has 0 bridgehead atoms. The highest BCUT2D eigenvalue weighted by Crippen LogP contribution is 2.34. The third-order valence-corrected chi connectivity index (χ3v) is 4.54. The van der Waals surface area contributed by atoms with E-state index in [1.165, 1.54) is 12.1 Å². The maximum atomic E-state index is 13.3. The van der Waals surface area contributed by atoms with Crippen molar-refractivity contribution in [2.24, 2.45) is 0 Å². The van der Waals surface area contributed by atoms with E-state index in [4.69, 9.17) is 0 Å². The van der Waals surface area contributed by atoms with Crippen LogP contribution in [-0.4, -0.2) is 16.6 Å². The fourth-order valence-corrected chi connectivity index (χ4v) is 3.48. The molecule has 1 aromatic carbocycles. The lowest BCUT2D eigenvalue weighted by Gasteiger charge is -2.23. The van der Waals surface area contributed by atoms with E-state index in [0.717, 1.165) is 36.8 Å². The zero-order valence-corrected chi connectivity index (χ0v) is 11.5. The van der Waals surface area contributed by atoms with Crippen molar-refractivity contribution in [2.45, 2.75) is 56.6 Å². The van der Waals surface area contributed by atoms with Gasteiger partial charge in [-0.25, -0.2) is 4.39 Å². The Bertz CT molecular complexity index is 523. The molecule has 20 heavy (non-hydrogen) atoms. The lowest BCUT2D eigenvalue weighted by Crippen LogP contribution is -2.36. The normalized spacial score (nSPS) is 23.6. The van der Waals surface area contributed by atoms with Gasteiger partial charge in [0.25, 0.3) is 0 Å². The number of aliphatic hydroxyl groups is 1. The number of nitrogens with one attached hydrogen (secondary N) is 1. The number of benzene rings is 1. The number of rotatable bonds is 3. The summed E-state index contributed by atoms with van der Waals surface area (Å²) >= 11 is 0. The summed E-state index contributed by atoms with van der Waals surface area (Å²) < 4.78 is 13.3. The first-order valence-corrected chi connectivity index (χ1v) is 7.36. The van der Waals surface area contributed by atoms with Crippen molar-refractivity contribution in [2.75, 3.05) is 0 Å². The van der Waals surface area contributed by atoms with Gasteiger partial charge in [-0.2, -0.15) is 0 Å². The van der Waals surface area contributed by atoms with Crippen LogP contribution in [0.2, 0.25) is 0 Å². The minimum atomic E-state index is -0.826. The fraction of sp³-hybridized carbons (Fsp3) is 0.562. The van der Waals surface area contributed by atoms with Crippen LogP contribution in [0, 0.1) is 5.82 Å². The number of hydrogen-bond donors (Lipinski definition) is 2. The zero-order chi connectivity index (χ0) is 14.2. The maximum Gasteiger partial charge on any atom is 0.223 e. The molecule has 1 unspecified atom stereocenters. The summed E-state index contributed by atoms with van der Waals surface area (Å²) in [7, 11) is 0. The van der Waals surface area contributed by atoms with Gasteiger partial charge >= 0.3 is 0 Å².